The molecule has 1 rings (SSSR count). The molecular formula is C10H10BrNO3. The van der Waals surface area contributed by atoms with Crippen molar-refractivity contribution < 1.29 is 14.7 Å². The SMILES string of the molecule is CCOC(=O)c1ccc(Br)c(/C=N/O)c1. The maximum absolute atomic E-state index is 11.4. The first-order valence-electron chi connectivity index (χ1n) is 4.33. The van der Waals surface area contributed by atoms with E-state index in [2.05, 4.69) is 21.1 Å². The van der Waals surface area contributed by atoms with Gasteiger partial charge >= 0.3 is 5.97 Å². The monoisotopic (exact) mass is 271 g/mol. The van der Waals surface area contributed by atoms with Gasteiger partial charge in [-0.05, 0) is 25.1 Å². The number of halogens is 1. The van der Waals surface area contributed by atoms with Crippen LogP contribution in [0.15, 0.2) is 27.8 Å². The number of benzene rings is 1. The van der Waals surface area contributed by atoms with E-state index in [1.54, 1.807) is 25.1 Å². The third-order valence-corrected chi connectivity index (χ3v) is 2.43. The molecule has 1 aromatic carbocycles. The Morgan fingerprint density at radius 2 is 2.40 bits per heavy atom. The van der Waals surface area contributed by atoms with E-state index >= 15 is 0 Å². The molecule has 0 aliphatic heterocycles. The summed E-state index contributed by atoms with van der Waals surface area (Å²) in [5.74, 6) is -0.391. The first-order valence-corrected chi connectivity index (χ1v) is 5.12. The molecule has 5 heteroatoms. The maximum Gasteiger partial charge on any atom is 0.338 e. The van der Waals surface area contributed by atoms with Crippen LogP contribution in [0.2, 0.25) is 0 Å². The van der Waals surface area contributed by atoms with Crippen LogP contribution in [0, 0.1) is 0 Å². The number of rotatable bonds is 3. The van der Waals surface area contributed by atoms with Crippen molar-refractivity contribution in [3.63, 3.8) is 0 Å². The lowest BCUT2D eigenvalue weighted by molar-refractivity contribution is 0.0526. The molecular weight excluding hydrogens is 262 g/mol. The first kappa shape index (κ1) is 11.7. The molecule has 0 amide bonds. The zero-order valence-electron chi connectivity index (χ0n) is 8.11. The lowest BCUT2D eigenvalue weighted by Gasteiger charge is -2.03. The molecule has 0 radical (unpaired) electrons. The van der Waals surface area contributed by atoms with Gasteiger partial charge in [-0.15, -0.1) is 0 Å². The van der Waals surface area contributed by atoms with Crippen LogP contribution in [-0.4, -0.2) is 24.0 Å². The van der Waals surface area contributed by atoms with Crippen LogP contribution in [0.5, 0.6) is 0 Å². The molecule has 0 atom stereocenters. The molecule has 0 saturated carbocycles. The molecule has 0 unspecified atom stereocenters. The van der Waals surface area contributed by atoms with Crippen LogP contribution in [-0.2, 0) is 4.74 Å². The summed E-state index contributed by atoms with van der Waals surface area (Å²) in [5, 5.41) is 11.3. The fraction of sp³-hybridized carbons (Fsp3) is 0.200. The standard InChI is InChI=1S/C10H10BrNO3/c1-2-15-10(13)7-3-4-9(11)8(5-7)6-12-14/h3-6,14H,2H2,1H3/b12-6+. The third-order valence-electron chi connectivity index (χ3n) is 1.70. The molecule has 0 fully saturated rings. The zero-order chi connectivity index (χ0) is 11.3. The molecule has 0 aliphatic rings. The van der Waals surface area contributed by atoms with Gasteiger partial charge in [0.05, 0.1) is 18.4 Å². The normalized spacial score (nSPS) is 10.5. The van der Waals surface area contributed by atoms with Gasteiger partial charge < -0.3 is 9.94 Å². The number of esters is 1. The highest BCUT2D eigenvalue weighted by molar-refractivity contribution is 9.10. The van der Waals surface area contributed by atoms with Gasteiger partial charge in [-0.1, -0.05) is 21.1 Å². The van der Waals surface area contributed by atoms with Gasteiger partial charge in [-0.25, -0.2) is 4.79 Å². The molecule has 0 bridgehead atoms. The van der Waals surface area contributed by atoms with Crippen molar-refractivity contribution in [2.45, 2.75) is 6.92 Å². The van der Waals surface area contributed by atoms with Crippen LogP contribution < -0.4 is 0 Å². The van der Waals surface area contributed by atoms with E-state index in [1.807, 2.05) is 0 Å². The van der Waals surface area contributed by atoms with E-state index in [4.69, 9.17) is 9.94 Å². The second-order valence-corrected chi connectivity index (χ2v) is 3.56. The summed E-state index contributed by atoms with van der Waals surface area (Å²) in [6.45, 7) is 2.07. The third kappa shape index (κ3) is 3.06. The van der Waals surface area contributed by atoms with Crippen LogP contribution in [0.1, 0.15) is 22.8 Å². The van der Waals surface area contributed by atoms with Crippen molar-refractivity contribution >= 4 is 28.1 Å². The zero-order valence-corrected chi connectivity index (χ0v) is 9.69. The van der Waals surface area contributed by atoms with Crippen molar-refractivity contribution in [1.29, 1.82) is 0 Å². The number of hydrogen-bond donors (Lipinski definition) is 1. The van der Waals surface area contributed by atoms with Gasteiger partial charge in [0, 0.05) is 10.0 Å². The minimum atomic E-state index is -0.391. The summed E-state index contributed by atoms with van der Waals surface area (Å²) in [6, 6.07) is 4.92. The molecule has 1 aromatic rings. The quantitative estimate of drug-likeness (QED) is 0.398. The van der Waals surface area contributed by atoms with Crippen molar-refractivity contribution in [3.05, 3.63) is 33.8 Å². The Balaban J connectivity index is 3.01. The average molecular weight is 272 g/mol. The molecule has 0 spiro atoms. The number of carbonyl (C=O) groups excluding carboxylic acids is 1. The lowest BCUT2D eigenvalue weighted by Crippen LogP contribution is -2.05. The Labute approximate surface area is 95.7 Å². The highest BCUT2D eigenvalue weighted by atomic mass is 79.9. The largest absolute Gasteiger partial charge is 0.462 e. The Bertz CT molecular complexity index is 390. The summed E-state index contributed by atoms with van der Waals surface area (Å²) >= 11 is 3.27. The highest BCUT2D eigenvalue weighted by Gasteiger charge is 2.08. The second kappa shape index (κ2) is 5.50. The van der Waals surface area contributed by atoms with E-state index in [0.717, 1.165) is 4.47 Å². The fourth-order valence-corrected chi connectivity index (χ4v) is 1.40. The molecule has 80 valence electrons. The molecule has 1 N–H and O–H groups in total. The average Bonchev–Trinajstić information content (AvgIpc) is 2.22. The predicted octanol–water partition coefficient (Wildman–Crippen LogP) is 2.43. The number of nitrogens with zero attached hydrogens (tertiary/aromatic N) is 1. The summed E-state index contributed by atoms with van der Waals surface area (Å²) in [5.41, 5.74) is 1.04. The van der Waals surface area contributed by atoms with Gasteiger partial charge in [0.25, 0.3) is 0 Å². The van der Waals surface area contributed by atoms with Crippen LogP contribution in [0.25, 0.3) is 0 Å². The predicted molar refractivity (Wildman–Crippen MR) is 59.5 cm³/mol. The van der Waals surface area contributed by atoms with Gasteiger partial charge in [-0.3, -0.25) is 0 Å². The molecule has 0 heterocycles. The smallest absolute Gasteiger partial charge is 0.338 e. The highest BCUT2D eigenvalue weighted by Crippen LogP contribution is 2.17. The van der Waals surface area contributed by atoms with Gasteiger partial charge in [-0.2, -0.15) is 0 Å². The number of oxime groups is 1. The molecule has 0 aliphatic carbocycles. The van der Waals surface area contributed by atoms with Crippen LogP contribution >= 0.6 is 15.9 Å². The van der Waals surface area contributed by atoms with Crippen molar-refractivity contribution in [2.75, 3.05) is 6.61 Å². The Morgan fingerprint density at radius 3 is 3.00 bits per heavy atom. The van der Waals surface area contributed by atoms with E-state index in [-0.39, 0.29) is 0 Å². The van der Waals surface area contributed by atoms with Crippen molar-refractivity contribution in [1.82, 2.24) is 0 Å². The van der Waals surface area contributed by atoms with E-state index in [9.17, 15) is 4.79 Å². The topological polar surface area (TPSA) is 58.9 Å². The van der Waals surface area contributed by atoms with Gasteiger partial charge in [0.15, 0.2) is 0 Å². The Kier molecular flexibility index (Phi) is 4.30. The van der Waals surface area contributed by atoms with Gasteiger partial charge in [0.1, 0.15) is 0 Å². The van der Waals surface area contributed by atoms with Crippen molar-refractivity contribution in [2.24, 2.45) is 5.16 Å². The number of carbonyl (C=O) groups is 1. The summed E-state index contributed by atoms with van der Waals surface area (Å²) < 4.78 is 5.58. The van der Waals surface area contributed by atoms with Gasteiger partial charge in [0.2, 0.25) is 0 Å². The van der Waals surface area contributed by atoms with E-state index in [0.29, 0.717) is 17.7 Å². The fourth-order valence-electron chi connectivity index (χ4n) is 1.05. The molecule has 0 aromatic heterocycles. The second-order valence-electron chi connectivity index (χ2n) is 2.70. The minimum Gasteiger partial charge on any atom is -0.462 e. The molecule has 4 nitrogen and oxygen atoms in total. The summed E-state index contributed by atoms with van der Waals surface area (Å²) in [7, 11) is 0. The van der Waals surface area contributed by atoms with Crippen molar-refractivity contribution in [3.8, 4) is 0 Å². The first-order chi connectivity index (χ1) is 7.19. The minimum absolute atomic E-state index is 0.332. The number of hydrogen-bond acceptors (Lipinski definition) is 4. The maximum atomic E-state index is 11.4. The number of ether oxygens (including phenoxy) is 1. The molecule has 0 saturated heterocycles. The van der Waals surface area contributed by atoms with Crippen LogP contribution in [0.3, 0.4) is 0 Å². The lowest BCUT2D eigenvalue weighted by atomic mass is 10.1. The van der Waals surface area contributed by atoms with Crippen LogP contribution in [0.4, 0.5) is 0 Å². The van der Waals surface area contributed by atoms with E-state index in [1.165, 1.54) is 6.21 Å². The Morgan fingerprint density at radius 1 is 1.67 bits per heavy atom. The summed E-state index contributed by atoms with van der Waals surface area (Å²) in [6.07, 6.45) is 1.24. The van der Waals surface area contributed by atoms with E-state index < -0.39 is 5.97 Å². The molecule has 15 heavy (non-hydrogen) atoms. The Hall–Kier alpha value is -1.36. The summed E-state index contributed by atoms with van der Waals surface area (Å²) in [4.78, 5) is 11.4.